The van der Waals surface area contributed by atoms with Gasteiger partial charge in [-0.1, -0.05) is 24.8 Å². The smallest absolute Gasteiger partial charge is 0.0320 e. The summed E-state index contributed by atoms with van der Waals surface area (Å²) in [6.07, 6.45) is 8.58. The predicted molar refractivity (Wildman–Crippen MR) is 54.1 cm³/mol. The molecule has 1 aliphatic rings. The SMILES string of the molecule is C=C/C=C1/CCC(NC)/C1=C/C. The first kappa shape index (κ1) is 9.27. The first-order valence-electron chi connectivity index (χ1n) is 4.49. The van der Waals surface area contributed by atoms with Crippen molar-refractivity contribution in [2.75, 3.05) is 7.05 Å². The maximum absolute atomic E-state index is 3.72. The van der Waals surface area contributed by atoms with E-state index in [9.17, 15) is 0 Å². The van der Waals surface area contributed by atoms with E-state index in [4.69, 9.17) is 0 Å². The van der Waals surface area contributed by atoms with Gasteiger partial charge in [0.05, 0.1) is 0 Å². The molecule has 1 N–H and O–H groups in total. The average Bonchev–Trinajstić information content (AvgIpc) is 2.47. The summed E-state index contributed by atoms with van der Waals surface area (Å²) in [6, 6.07) is 0.557. The highest BCUT2D eigenvalue weighted by Gasteiger charge is 2.22. The van der Waals surface area contributed by atoms with Crippen LogP contribution in [-0.2, 0) is 0 Å². The Morgan fingerprint density at radius 3 is 2.83 bits per heavy atom. The standard InChI is InChI=1S/C11H17N/c1-4-6-9-7-8-11(12-3)10(9)5-2/h4-6,11-12H,1,7-8H2,2-3H3/b9-6-,10-5+. The first-order valence-corrected chi connectivity index (χ1v) is 4.49. The van der Waals surface area contributed by atoms with E-state index in [1.807, 2.05) is 13.1 Å². The van der Waals surface area contributed by atoms with E-state index in [-0.39, 0.29) is 0 Å². The topological polar surface area (TPSA) is 12.0 Å². The van der Waals surface area contributed by atoms with Gasteiger partial charge in [-0.15, -0.1) is 0 Å². The van der Waals surface area contributed by atoms with Crippen LogP contribution in [0.15, 0.2) is 36.0 Å². The Morgan fingerprint density at radius 1 is 1.58 bits per heavy atom. The molecule has 66 valence electrons. The molecule has 0 spiro atoms. The predicted octanol–water partition coefficient (Wildman–Crippen LogP) is 2.43. The fourth-order valence-electron chi connectivity index (χ4n) is 1.83. The highest BCUT2D eigenvalue weighted by atomic mass is 14.9. The molecule has 0 bridgehead atoms. The van der Waals surface area contributed by atoms with Crippen LogP contribution < -0.4 is 5.32 Å². The Kier molecular flexibility index (Phi) is 3.30. The van der Waals surface area contributed by atoms with Gasteiger partial charge in [0.15, 0.2) is 0 Å². The minimum atomic E-state index is 0.557. The molecular formula is C11H17N. The van der Waals surface area contributed by atoms with Crippen LogP contribution in [-0.4, -0.2) is 13.1 Å². The number of nitrogens with one attached hydrogen (secondary N) is 1. The Bertz CT molecular complexity index is 223. The van der Waals surface area contributed by atoms with E-state index < -0.39 is 0 Å². The van der Waals surface area contributed by atoms with E-state index in [0.717, 1.165) is 0 Å². The van der Waals surface area contributed by atoms with Gasteiger partial charge in [0.25, 0.3) is 0 Å². The maximum atomic E-state index is 3.72. The Labute approximate surface area is 74.9 Å². The number of likely N-dealkylation sites (N-methyl/N-ethyl adjacent to an activating group) is 1. The molecule has 1 unspecified atom stereocenters. The van der Waals surface area contributed by atoms with Crippen molar-refractivity contribution < 1.29 is 0 Å². The van der Waals surface area contributed by atoms with Gasteiger partial charge < -0.3 is 5.32 Å². The minimum absolute atomic E-state index is 0.557. The summed E-state index contributed by atoms with van der Waals surface area (Å²) < 4.78 is 0. The van der Waals surface area contributed by atoms with Crippen molar-refractivity contribution in [3.05, 3.63) is 36.0 Å². The van der Waals surface area contributed by atoms with Crippen LogP contribution in [0.3, 0.4) is 0 Å². The zero-order valence-electron chi connectivity index (χ0n) is 7.93. The zero-order valence-corrected chi connectivity index (χ0v) is 7.93. The van der Waals surface area contributed by atoms with Crippen LogP contribution in [0.1, 0.15) is 19.8 Å². The third-order valence-corrected chi connectivity index (χ3v) is 2.43. The minimum Gasteiger partial charge on any atom is -0.313 e. The van der Waals surface area contributed by atoms with Gasteiger partial charge in [-0.05, 0) is 38.0 Å². The van der Waals surface area contributed by atoms with E-state index in [2.05, 4.69) is 31.0 Å². The van der Waals surface area contributed by atoms with Gasteiger partial charge in [-0.25, -0.2) is 0 Å². The molecule has 0 saturated heterocycles. The van der Waals surface area contributed by atoms with E-state index in [1.54, 1.807) is 0 Å². The fourth-order valence-corrected chi connectivity index (χ4v) is 1.83. The van der Waals surface area contributed by atoms with Gasteiger partial charge >= 0.3 is 0 Å². The molecule has 0 aliphatic heterocycles. The summed E-state index contributed by atoms with van der Waals surface area (Å²) in [6.45, 7) is 5.82. The fraction of sp³-hybridized carbons (Fsp3) is 0.455. The maximum Gasteiger partial charge on any atom is 0.0320 e. The number of allylic oxidation sites excluding steroid dienone is 3. The summed E-state index contributed by atoms with van der Waals surface area (Å²) in [5.74, 6) is 0. The Balaban J connectivity index is 2.83. The van der Waals surface area contributed by atoms with Crippen molar-refractivity contribution in [2.45, 2.75) is 25.8 Å². The summed E-state index contributed by atoms with van der Waals surface area (Å²) in [5.41, 5.74) is 2.88. The Morgan fingerprint density at radius 2 is 2.33 bits per heavy atom. The zero-order chi connectivity index (χ0) is 8.97. The van der Waals surface area contributed by atoms with Gasteiger partial charge in [-0.2, -0.15) is 0 Å². The van der Waals surface area contributed by atoms with Crippen molar-refractivity contribution in [1.29, 1.82) is 0 Å². The molecule has 1 heteroatoms. The van der Waals surface area contributed by atoms with Crippen LogP contribution in [0.2, 0.25) is 0 Å². The molecule has 0 aromatic rings. The molecule has 1 rings (SSSR count). The molecule has 1 saturated carbocycles. The summed E-state index contributed by atoms with van der Waals surface area (Å²) in [5, 5.41) is 3.31. The van der Waals surface area contributed by atoms with Gasteiger partial charge in [-0.3, -0.25) is 0 Å². The van der Waals surface area contributed by atoms with Crippen molar-refractivity contribution in [1.82, 2.24) is 5.32 Å². The van der Waals surface area contributed by atoms with Gasteiger partial charge in [0.2, 0.25) is 0 Å². The van der Waals surface area contributed by atoms with Crippen molar-refractivity contribution >= 4 is 0 Å². The largest absolute Gasteiger partial charge is 0.313 e. The molecule has 0 heterocycles. The highest BCUT2D eigenvalue weighted by Crippen LogP contribution is 2.30. The average molecular weight is 163 g/mol. The number of rotatable bonds is 2. The molecule has 0 aromatic heterocycles. The second-order valence-corrected chi connectivity index (χ2v) is 3.05. The lowest BCUT2D eigenvalue weighted by Gasteiger charge is -2.09. The first-order chi connectivity index (χ1) is 5.83. The summed E-state index contributed by atoms with van der Waals surface area (Å²) >= 11 is 0. The lowest BCUT2D eigenvalue weighted by atomic mass is 10.1. The number of hydrogen-bond donors (Lipinski definition) is 1. The molecule has 1 atom stereocenters. The third kappa shape index (κ3) is 1.67. The van der Waals surface area contributed by atoms with E-state index in [0.29, 0.717) is 6.04 Å². The van der Waals surface area contributed by atoms with Crippen LogP contribution in [0.25, 0.3) is 0 Å². The second-order valence-electron chi connectivity index (χ2n) is 3.05. The molecule has 0 aromatic carbocycles. The molecule has 0 radical (unpaired) electrons. The normalized spacial score (nSPS) is 30.0. The van der Waals surface area contributed by atoms with Crippen molar-refractivity contribution in [2.24, 2.45) is 0 Å². The van der Waals surface area contributed by atoms with Crippen LogP contribution in [0.4, 0.5) is 0 Å². The molecular weight excluding hydrogens is 146 g/mol. The van der Waals surface area contributed by atoms with Gasteiger partial charge in [0.1, 0.15) is 0 Å². The second kappa shape index (κ2) is 4.27. The van der Waals surface area contributed by atoms with Crippen LogP contribution >= 0.6 is 0 Å². The highest BCUT2D eigenvalue weighted by molar-refractivity contribution is 5.41. The third-order valence-electron chi connectivity index (χ3n) is 2.43. The lowest BCUT2D eigenvalue weighted by Crippen LogP contribution is -2.22. The number of hydrogen-bond acceptors (Lipinski definition) is 1. The monoisotopic (exact) mass is 163 g/mol. The van der Waals surface area contributed by atoms with Crippen molar-refractivity contribution in [3.63, 3.8) is 0 Å². The summed E-state index contributed by atoms with van der Waals surface area (Å²) in [4.78, 5) is 0. The van der Waals surface area contributed by atoms with Crippen LogP contribution in [0.5, 0.6) is 0 Å². The lowest BCUT2D eigenvalue weighted by molar-refractivity contribution is 0.646. The molecule has 1 nitrogen and oxygen atoms in total. The Hall–Kier alpha value is -0.820. The van der Waals surface area contributed by atoms with Crippen molar-refractivity contribution in [3.8, 4) is 0 Å². The quantitative estimate of drug-likeness (QED) is 0.659. The molecule has 1 fully saturated rings. The van der Waals surface area contributed by atoms with Gasteiger partial charge in [0, 0.05) is 6.04 Å². The molecule has 12 heavy (non-hydrogen) atoms. The summed E-state index contributed by atoms with van der Waals surface area (Å²) in [7, 11) is 2.02. The van der Waals surface area contributed by atoms with E-state index >= 15 is 0 Å². The molecule has 0 amide bonds. The molecule has 1 aliphatic carbocycles. The van der Waals surface area contributed by atoms with Crippen LogP contribution in [0, 0.1) is 0 Å². The van der Waals surface area contributed by atoms with E-state index in [1.165, 1.54) is 24.0 Å².